The third-order valence-electron chi connectivity index (χ3n) is 7.74. The number of anilines is 1. The van der Waals surface area contributed by atoms with E-state index in [1.54, 1.807) is 0 Å². The second-order valence-electron chi connectivity index (χ2n) is 10.6. The summed E-state index contributed by atoms with van der Waals surface area (Å²) in [7, 11) is 4.18. The quantitative estimate of drug-likeness (QED) is 0.400. The predicted octanol–water partition coefficient (Wildman–Crippen LogP) is 3.44. The normalized spacial score (nSPS) is 17.6. The first-order chi connectivity index (χ1) is 18.6. The fraction of sp³-hybridized carbons (Fsp3) is 0.500. The summed E-state index contributed by atoms with van der Waals surface area (Å²) in [5, 5.41) is 4.73. The zero-order valence-corrected chi connectivity index (χ0v) is 22.6. The van der Waals surface area contributed by atoms with Crippen LogP contribution >= 0.6 is 0 Å². The third-order valence-corrected chi connectivity index (χ3v) is 7.74. The molecule has 0 unspecified atom stereocenters. The molecule has 4 aromatic heterocycles. The van der Waals surface area contributed by atoms with E-state index < -0.39 is 0 Å². The van der Waals surface area contributed by atoms with Crippen LogP contribution in [-0.2, 0) is 11.3 Å². The number of nitrogens with zero attached hydrogens (tertiary/aromatic N) is 8. The number of rotatable bonds is 7. The minimum absolute atomic E-state index is 0.447. The average molecular weight is 516 g/mol. The van der Waals surface area contributed by atoms with E-state index in [1.165, 1.54) is 11.3 Å². The van der Waals surface area contributed by atoms with Gasteiger partial charge in [-0.3, -0.25) is 9.67 Å². The molecule has 0 spiro atoms. The van der Waals surface area contributed by atoms with Crippen LogP contribution in [-0.4, -0.2) is 99.5 Å². The predicted molar refractivity (Wildman–Crippen MR) is 149 cm³/mol. The van der Waals surface area contributed by atoms with Crippen LogP contribution < -0.4 is 4.90 Å². The van der Waals surface area contributed by atoms with Crippen LogP contribution in [0.5, 0.6) is 0 Å². The molecule has 200 valence electrons. The number of nitrogens with one attached hydrogen (secondary N) is 1. The zero-order valence-electron chi connectivity index (χ0n) is 22.6. The smallest absolute Gasteiger partial charge is 0.156 e. The van der Waals surface area contributed by atoms with Crippen molar-refractivity contribution in [2.75, 3.05) is 64.9 Å². The summed E-state index contributed by atoms with van der Waals surface area (Å²) in [5.41, 5.74) is 7.69. The molecule has 6 heterocycles. The van der Waals surface area contributed by atoms with Crippen molar-refractivity contribution < 1.29 is 4.74 Å². The number of hydrogen-bond donors (Lipinski definition) is 1. The third kappa shape index (κ3) is 5.03. The van der Waals surface area contributed by atoms with Gasteiger partial charge < -0.3 is 24.4 Å². The van der Waals surface area contributed by atoms with Gasteiger partial charge >= 0.3 is 0 Å². The molecule has 0 amide bonds. The van der Waals surface area contributed by atoms with Gasteiger partial charge in [0.2, 0.25) is 0 Å². The second-order valence-corrected chi connectivity index (χ2v) is 10.6. The molecule has 10 heteroatoms. The number of aromatic nitrogens is 6. The molecule has 2 fully saturated rings. The summed E-state index contributed by atoms with van der Waals surface area (Å²) in [4.78, 5) is 24.9. The molecule has 38 heavy (non-hydrogen) atoms. The van der Waals surface area contributed by atoms with Gasteiger partial charge in [0, 0.05) is 56.2 Å². The lowest BCUT2D eigenvalue weighted by Gasteiger charge is -2.31. The number of pyridine rings is 1. The zero-order chi connectivity index (χ0) is 26.1. The van der Waals surface area contributed by atoms with Crippen molar-refractivity contribution in [3.63, 3.8) is 0 Å². The Labute approximate surface area is 223 Å². The Hall–Kier alpha value is -3.34. The largest absolute Gasteiger partial charge is 0.378 e. The molecule has 2 saturated heterocycles. The summed E-state index contributed by atoms with van der Waals surface area (Å²) < 4.78 is 7.70. The Bertz CT molecular complexity index is 1380. The number of piperidine rings is 1. The number of hydrogen-bond acceptors (Lipinski definition) is 8. The van der Waals surface area contributed by atoms with Gasteiger partial charge in [0.25, 0.3) is 0 Å². The lowest BCUT2D eigenvalue weighted by atomic mass is 10.1. The van der Waals surface area contributed by atoms with Crippen LogP contribution in [0, 0.1) is 0 Å². The van der Waals surface area contributed by atoms with Crippen LogP contribution in [0.25, 0.3) is 33.7 Å². The van der Waals surface area contributed by atoms with Crippen molar-refractivity contribution in [2.24, 2.45) is 0 Å². The first-order valence-electron chi connectivity index (χ1n) is 13.7. The fourth-order valence-electron chi connectivity index (χ4n) is 5.60. The van der Waals surface area contributed by atoms with E-state index in [4.69, 9.17) is 24.8 Å². The second kappa shape index (κ2) is 10.8. The van der Waals surface area contributed by atoms with Crippen molar-refractivity contribution in [1.82, 2.24) is 39.5 Å². The Morgan fingerprint density at radius 3 is 2.61 bits per heavy atom. The molecule has 10 nitrogen and oxygen atoms in total. The summed E-state index contributed by atoms with van der Waals surface area (Å²) >= 11 is 0. The van der Waals surface area contributed by atoms with Gasteiger partial charge in [0.1, 0.15) is 11.2 Å². The monoisotopic (exact) mass is 515 g/mol. The number of morpholine rings is 1. The number of aromatic amines is 1. The van der Waals surface area contributed by atoms with Gasteiger partial charge in [-0.05, 0) is 45.1 Å². The van der Waals surface area contributed by atoms with Crippen molar-refractivity contribution >= 4 is 16.9 Å². The van der Waals surface area contributed by atoms with Gasteiger partial charge in [-0.2, -0.15) is 5.10 Å². The molecule has 0 radical (unpaired) electrons. The number of fused-ring (bicyclic) bond motifs is 1. The van der Waals surface area contributed by atoms with E-state index >= 15 is 0 Å². The molecule has 0 bridgehead atoms. The number of H-pyrrole nitrogens is 1. The van der Waals surface area contributed by atoms with E-state index in [0.29, 0.717) is 6.04 Å². The maximum Gasteiger partial charge on any atom is 0.156 e. The maximum absolute atomic E-state index is 5.56. The summed E-state index contributed by atoms with van der Waals surface area (Å²) in [6.45, 7) is 9.69. The molecule has 6 rings (SSSR count). The van der Waals surface area contributed by atoms with Gasteiger partial charge in [-0.15, -0.1) is 0 Å². The van der Waals surface area contributed by atoms with Crippen LogP contribution in [0.4, 0.5) is 5.69 Å². The number of ether oxygens (including phenoxy) is 1. The maximum atomic E-state index is 5.56. The van der Waals surface area contributed by atoms with Gasteiger partial charge in [0.05, 0.1) is 49.2 Å². The van der Waals surface area contributed by atoms with Crippen molar-refractivity contribution in [1.29, 1.82) is 0 Å². The summed E-state index contributed by atoms with van der Waals surface area (Å²) in [6.07, 6.45) is 12.2. The SMILES string of the molecule is CCN1CCC(n2cc(-c3c[nH]c4ncc(-c5cc(CN(C)C)c(N6CCOCC6)cn5)nc34)cn2)CC1. The highest BCUT2D eigenvalue weighted by atomic mass is 16.5. The van der Waals surface area contributed by atoms with Crippen LogP contribution in [0.2, 0.25) is 0 Å². The number of likely N-dealkylation sites (tertiary alicyclic amines) is 1. The molecule has 1 N–H and O–H groups in total. The van der Waals surface area contributed by atoms with E-state index in [2.05, 4.69) is 57.6 Å². The molecule has 0 aliphatic carbocycles. The molecular weight excluding hydrogens is 478 g/mol. The highest BCUT2D eigenvalue weighted by molar-refractivity contribution is 5.91. The standard InChI is InChI=1S/C28H37N9O/c1-4-35-7-5-22(6-8-35)37-19-21(14-32-37)23-15-30-28-27(23)33-25(16-31-28)24-13-20(18-34(2)3)26(17-29-24)36-9-11-38-12-10-36/h13-17,19,22H,4-12,18H2,1-3H3,(H,30,31). The Balaban J connectivity index is 1.30. The molecule has 0 saturated carbocycles. The first-order valence-corrected chi connectivity index (χ1v) is 13.7. The lowest BCUT2D eigenvalue weighted by molar-refractivity contribution is 0.122. The van der Waals surface area contributed by atoms with Gasteiger partial charge in [-0.25, -0.2) is 9.97 Å². The minimum Gasteiger partial charge on any atom is -0.378 e. The Morgan fingerprint density at radius 1 is 1.03 bits per heavy atom. The van der Waals surface area contributed by atoms with Crippen molar-refractivity contribution in [3.05, 3.63) is 42.6 Å². The first kappa shape index (κ1) is 25.0. The Kier molecular flexibility index (Phi) is 7.10. The van der Waals surface area contributed by atoms with E-state index in [1.807, 2.05) is 24.8 Å². The van der Waals surface area contributed by atoms with E-state index in [-0.39, 0.29) is 0 Å². The lowest BCUT2D eigenvalue weighted by Crippen LogP contribution is -2.37. The van der Waals surface area contributed by atoms with E-state index in [0.717, 1.165) is 99.0 Å². The molecule has 0 aromatic carbocycles. The Morgan fingerprint density at radius 2 is 1.84 bits per heavy atom. The molecule has 2 aliphatic heterocycles. The highest BCUT2D eigenvalue weighted by Crippen LogP contribution is 2.31. The molecule has 0 atom stereocenters. The molecular formula is C28H37N9O. The van der Waals surface area contributed by atoms with Gasteiger partial charge in [0.15, 0.2) is 5.65 Å². The highest BCUT2D eigenvalue weighted by Gasteiger charge is 2.22. The fourth-order valence-corrected chi connectivity index (χ4v) is 5.60. The van der Waals surface area contributed by atoms with Gasteiger partial charge in [-0.1, -0.05) is 6.92 Å². The van der Waals surface area contributed by atoms with Crippen LogP contribution in [0.15, 0.2) is 37.1 Å². The van der Waals surface area contributed by atoms with Crippen molar-refractivity contribution in [2.45, 2.75) is 32.4 Å². The van der Waals surface area contributed by atoms with Crippen LogP contribution in [0.1, 0.15) is 31.4 Å². The molecule has 4 aromatic rings. The minimum atomic E-state index is 0.447. The topological polar surface area (TPSA) is 91.2 Å². The average Bonchev–Trinajstić information content (AvgIpc) is 3.60. The molecule has 2 aliphatic rings. The van der Waals surface area contributed by atoms with E-state index in [9.17, 15) is 0 Å². The van der Waals surface area contributed by atoms with Crippen molar-refractivity contribution in [3.8, 4) is 22.5 Å². The summed E-state index contributed by atoms with van der Waals surface area (Å²) in [5.74, 6) is 0. The van der Waals surface area contributed by atoms with Crippen LogP contribution in [0.3, 0.4) is 0 Å². The summed E-state index contributed by atoms with van der Waals surface area (Å²) in [6, 6.07) is 2.61.